The molecule has 0 atom stereocenters. The quantitative estimate of drug-likeness (QED) is 0.501. The molecular formula is C21H17F2N7O. The number of morpholine rings is 1. The van der Waals surface area contributed by atoms with E-state index in [9.17, 15) is 8.78 Å². The van der Waals surface area contributed by atoms with Crippen molar-refractivity contribution in [2.75, 3.05) is 31.2 Å². The minimum Gasteiger partial charge on any atom is -0.378 e. The van der Waals surface area contributed by atoms with Gasteiger partial charge in [0.2, 0.25) is 5.95 Å². The molecule has 1 saturated heterocycles. The van der Waals surface area contributed by atoms with E-state index >= 15 is 0 Å². The maximum Gasteiger partial charge on any atom is 0.226 e. The van der Waals surface area contributed by atoms with E-state index in [2.05, 4.69) is 25.5 Å². The molecule has 156 valence electrons. The standard InChI is InChI=1S/C21H17F2N7O/c22-17-7-6-14(12-18(17)23)19-16(13-24-21(25-19)29-8-10-31-11-9-29)20-26-27-28-30(20)15-4-2-1-3-5-15/h1-7,12-13H,8-11H2. The van der Waals surface area contributed by atoms with Crippen LogP contribution in [0.3, 0.4) is 0 Å². The molecule has 1 aliphatic rings. The molecule has 1 aliphatic heterocycles. The fourth-order valence-electron chi connectivity index (χ4n) is 3.41. The molecule has 0 radical (unpaired) electrons. The van der Waals surface area contributed by atoms with Crippen molar-refractivity contribution in [2.24, 2.45) is 0 Å². The number of hydrogen-bond donors (Lipinski definition) is 0. The molecule has 0 bridgehead atoms. The van der Waals surface area contributed by atoms with Gasteiger partial charge in [-0.2, -0.15) is 4.68 Å². The van der Waals surface area contributed by atoms with Crippen molar-refractivity contribution < 1.29 is 13.5 Å². The molecule has 0 unspecified atom stereocenters. The van der Waals surface area contributed by atoms with Crippen molar-refractivity contribution in [3.63, 3.8) is 0 Å². The van der Waals surface area contributed by atoms with Gasteiger partial charge in [-0.05, 0) is 40.8 Å². The summed E-state index contributed by atoms with van der Waals surface area (Å²) in [6.45, 7) is 2.41. The molecule has 0 saturated carbocycles. The van der Waals surface area contributed by atoms with Gasteiger partial charge < -0.3 is 9.64 Å². The molecule has 5 rings (SSSR count). The summed E-state index contributed by atoms with van der Waals surface area (Å²) in [4.78, 5) is 11.2. The highest BCUT2D eigenvalue weighted by Gasteiger charge is 2.22. The number of benzene rings is 2. The molecule has 0 N–H and O–H groups in total. The summed E-state index contributed by atoms with van der Waals surface area (Å²) in [6, 6.07) is 13.0. The number of para-hydroxylation sites is 1. The zero-order valence-corrected chi connectivity index (χ0v) is 16.3. The van der Waals surface area contributed by atoms with Crippen LogP contribution in [0.15, 0.2) is 54.7 Å². The lowest BCUT2D eigenvalue weighted by Crippen LogP contribution is -2.37. The Kier molecular flexibility index (Phi) is 5.04. The lowest BCUT2D eigenvalue weighted by Gasteiger charge is -2.27. The molecule has 2 aromatic heterocycles. The second-order valence-corrected chi connectivity index (χ2v) is 6.91. The number of nitrogens with zero attached hydrogens (tertiary/aromatic N) is 7. The van der Waals surface area contributed by atoms with Crippen LogP contribution in [-0.2, 0) is 4.74 Å². The predicted octanol–water partition coefficient (Wildman–Crippen LogP) is 2.90. The SMILES string of the molecule is Fc1ccc(-c2nc(N3CCOCC3)ncc2-c2nnnn2-c2ccccc2)cc1F. The number of rotatable bonds is 4. The average molecular weight is 421 g/mol. The van der Waals surface area contributed by atoms with E-state index in [-0.39, 0.29) is 0 Å². The number of aromatic nitrogens is 6. The van der Waals surface area contributed by atoms with Crippen LogP contribution in [0.25, 0.3) is 28.3 Å². The third-order valence-electron chi connectivity index (χ3n) is 4.97. The Balaban J connectivity index is 1.67. The lowest BCUT2D eigenvalue weighted by atomic mass is 10.1. The minimum atomic E-state index is -0.961. The summed E-state index contributed by atoms with van der Waals surface area (Å²) in [7, 11) is 0. The zero-order valence-electron chi connectivity index (χ0n) is 16.3. The summed E-state index contributed by atoms with van der Waals surface area (Å²) < 4.78 is 34.6. The summed E-state index contributed by atoms with van der Waals surface area (Å²) in [5.41, 5.74) is 2.05. The first kappa shape index (κ1) is 19.2. The number of hydrogen-bond acceptors (Lipinski definition) is 7. The van der Waals surface area contributed by atoms with E-state index in [1.165, 1.54) is 6.07 Å². The highest BCUT2D eigenvalue weighted by atomic mass is 19.2. The largest absolute Gasteiger partial charge is 0.378 e. The van der Waals surface area contributed by atoms with Gasteiger partial charge in [-0.15, -0.1) is 5.10 Å². The minimum absolute atomic E-state index is 0.388. The van der Waals surface area contributed by atoms with Gasteiger partial charge in [0.25, 0.3) is 0 Å². The molecule has 8 nitrogen and oxygen atoms in total. The first-order valence-electron chi connectivity index (χ1n) is 9.70. The third kappa shape index (κ3) is 3.73. The average Bonchev–Trinajstić information content (AvgIpc) is 3.31. The van der Waals surface area contributed by atoms with Crippen LogP contribution in [0.4, 0.5) is 14.7 Å². The van der Waals surface area contributed by atoms with Crippen molar-refractivity contribution in [3.05, 3.63) is 66.4 Å². The van der Waals surface area contributed by atoms with Crippen LogP contribution in [-0.4, -0.2) is 56.5 Å². The Bertz CT molecular complexity index is 1210. The zero-order chi connectivity index (χ0) is 21.2. The van der Waals surface area contributed by atoms with E-state index in [0.29, 0.717) is 54.9 Å². The number of tetrazole rings is 1. The van der Waals surface area contributed by atoms with E-state index in [1.807, 2.05) is 35.2 Å². The van der Waals surface area contributed by atoms with Gasteiger partial charge in [0.15, 0.2) is 17.5 Å². The summed E-state index contributed by atoms with van der Waals surface area (Å²) in [5.74, 6) is -1.02. The molecule has 2 aromatic carbocycles. The Morgan fingerprint density at radius 2 is 1.74 bits per heavy atom. The Morgan fingerprint density at radius 3 is 2.52 bits per heavy atom. The van der Waals surface area contributed by atoms with E-state index < -0.39 is 11.6 Å². The normalized spacial score (nSPS) is 14.1. The van der Waals surface area contributed by atoms with Crippen LogP contribution >= 0.6 is 0 Å². The Hall–Kier alpha value is -3.79. The van der Waals surface area contributed by atoms with Crippen molar-refractivity contribution in [2.45, 2.75) is 0 Å². The van der Waals surface area contributed by atoms with Crippen LogP contribution < -0.4 is 4.90 Å². The molecule has 4 aromatic rings. The second kappa shape index (κ2) is 8.15. The third-order valence-corrected chi connectivity index (χ3v) is 4.97. The number of halogens is 2. The predicted molar refractivity (Wildman–Crippen MR) is 109 cm³/mol. The van der Waals surface area contributed by atoms with Gasteiger partial charge in [0.1, 0.15) is 0 Å². The first-order chi connectivity index (χ1) is 15.2. The van der Waals surface area contributed by atoms with Crippen LogP contribution in [0, 0.1) is 11.6 Å². The molecule has 10 heteroatoms. The second-order valence-electron chi connectivity index (χ2n) is 6.91. The van der Waals surface area contributed by atoms with Gasteiger partial charge in [0, 0.05) is 24.8 Å². The van der Waals surface area contributed by atoms with Gasteiger partial charge in [-0.25, -0.2) is 18.7 Å². The van der Waals surface area contributed by atoms with E-state index in [1.54, 1.807) is 10.9 Å². The van der Waals surface area contributed by atoms with Gasteiger partial charge >= 0.3 is 0 Å². The van der Waals surface area contributed by atoms with E-state index in [4.69, 9.17) is 4.74 Å². The van der Waals surface area contributed by atoms with Crippen molar-refractivity contribution >= 4 is 5.95 Å². The number of anilines is 1. The number of ether oxygens (including phenoxy) is 1. The van der Waals surface area contributed by atoms with Crippen LogP contribution in [0.1, 0.15) is 0 Å². The molecule has 0 spiro atoms. The van der Waals surface area contributed by atoms with Gasteiger partial charge in [-0.3, -0.25) is 0 Å². The van der Waals surface area contributed by atoms with Crippen LogP contribution in [0.5, 0.6) is 0 Å². The monoisotopic (exact) mass is 421 g/mol. The fraction of sp³-hybridized carbons (Fsp3) is 0.190. The topological polar surface area (TPSA) is 81.8 Å². The van der Waals surface area contributed by atoms with Gasteiger partial charge in [0.05, 0.1) is 30.2 Å². The maximum atomic E-state index is 14.0. The van der Waals surface area contributed by atoms with E-state index in [0.717, 1.165) is 17.8 Å². The molecule has 0 amide bonds. The Labute approximate surface area is 176 Å². The van der Waals surface area contributed by atoms with Crippen molar-refractivity contribution in [1.82, 2.24) is 30.2 Å². The fourth-order valence-corrected chi connectivity index (χ4v) is 3.41. The van der Waals surface area contributed by atoms with Gasteiger partial charge in [-0.1, -0.05) is 18.2 Å². The van der Waals surface area contributed by atoms with Crippen molar-refractivity contribution in [3.8, 4) is 28.3 Å². The first-order valence-corrected chi connectivity index (χ1v) is 9.70. The summed E-state index contributed by atoms with van der Waals surface area (Å²) in [5, 5.41) is 12.0. The highest BCUT2D eigenvalue weighted by Crippen LogP contribution is 2.32. The molecule has 1 fully saturated rings. The van der Waals surface area contributed by atoms with Crippen LogP contribution in [0.2, 0.25) is 0 Å². The molecule has 3 heterocycles. The Morgan fingerprint density at radius 1 is 0.935 bits per heavy atom. The maximum absolute atomic E-state index is 14.0. The molecule has 0 aliphatic carbocycles. The lowest BCUT2D eigenvalue weighted by molar-refractivity contribution is 0.122. The van der Waals surface area contributed by atoms with Crippen molar-refractivity contribution in [1.29, 1.82) is 0 Å². The molecule has 31 heavy (non-hydrogen) atoms. The molecular weight excluding hydrogens is 404 g/mol. The summed E-state index contributed by atoms with van der Waals surface area (Å²) in [6.07, 6.45) is 1.61. The smallest absolute Gasteiger partial charge is 0.226 e. The highest BCUT2D eigenvalue weighted by molar-refractivity contribution is 5.78. The summed E-state index contributed by atoms with van der Waals surface area (Å²) >= 11 is 0.